The van der Waals surface area contributed by atoms with Crippen LogP contribution in [0.4, 0.5) is 5.69 Å². The Hall–Kier alpha value is -3.15. The van der Waals surface area contributed by atoms with Gasteiger partial charge in [0.05, 0.1) is 18.7 Å². The van der Waals surface area contributed by atoms with E-state index in [1.165, 1.54) is 24.0 Å². The van der Waals surface area contributed by atoms with Crippen molar-refractivity contribution in [3.63, 3.8) is 0 Å². The Balaban J connectivity index is 1.58. The molecule has 0 aromatic heterocycles. The Morgan fingerprint density at radius 1 is 1.02 bits per heavy atom. The third kappa shape index (κ3) is 7.78. The van der Waals surface area contributed by atoms with E-state index in [1.807, 2.05) is 48.5 Å². The van der Waals surface area contributed by atoms with Crippen LogP contribution in [-0.2, 0) is 24.3 Å². The molecular weight excluding hydrogens is 589 g/mol. The lowest BCUT2D eigenvalue weighted by Gasteiger charge is -2.49. The van der Waals surface area contributed by atoms with Gasteiger partial charge in [0.2, 0.25) is 15.9 Å². The van der Waals surface area contributed by atoms with Crippen molar-refractivity contribution in [1.82, 2.24) is 9.62 Å². The highest BCUT2D eigenvalue weighted by Crippen LogP contribution is 2.36. The molecule has 41 heavy (non-hydrogen) atoms. The minimum Gasteiger partial charge on any atom is -0.508 e. The molecule has 1 aliphatic rings. The molecule has 1 unspecified atom stereocenters. The second kappa shape index (κ2) is 13.2. The Morgan fingerprint density at radius 3 is 2.10 bits per heavy atom. The van der Waals surface area contributed by atoms with Crippen molar-refractivity contribution in [3.8, 4) is 5.75 Å². The number of likely N-dealkylation sites (tertiary alicyclic amines) is 1. The summed E-state index contributed by atoms with van der Waals surface area (Å²) in [6.07, 6.45) is 0. The molecule has 1 saturated heterocycles. The smallest absolute Gasteiger partial charge is 0.323 e. The number of carbonyl (C=O) groups is 2. The first kappa shape index (κ1) is 30.8. The van der Waals surface area contributed by atoms with Crippen LogP contribution in [0.2, 0.25) is 10.0 Å². The molecule has 2 N–H and O–H groups in total. The number of hydrogen-bond acceptors (Lipinski definition) is 7. The fourth-order valence-corrected chi connectivity index (χ4v) is 6.26. The van der Waals surface area contributed by atoms with Crippen molar-refractivity contribution in [2.45, 2.75) is 32.0 Å². The summed E-state index contributed by atoms with van der Waals surface area (Å²) in [7, 11) is -4.19. The first-order chi connectivity index (χ1) is 19.5. The average Bonchev–Trinajstić information content (AvgIpc) is 2.88. The van der Waals surface area contributed by atoms with E-state index in [0.717, 1.165) is 11.1 Å². The second-order valence-electron chi connectivity index (χ2n) is 9.75. The van der Waals surface area contributed by atoms with Gasteiger partial charge < -0.3 is 14.7 Å². The fraction of sp³-hybridized carbons (Fsp3) is 0.310. The minimum absolute atomic E-state index is 0.0615. The molecule has 0 saturated carbocycles. The number of phenols is 1. The number of ether oxygens (including phenoxy) is 1. The molecule has 0 aliphatic carbocycles. The summed E-state index contributed by atoms with van der Waals surface area (Å²) < 4.78 is 32.8. The van der Waals surface area contributed by atoms with Gasteiger partial charge >= 0.3 is 5.97 Å². The van der Waals surface area contributed by atoms with Gasteiger partial charge in [-0.15, -0.1) is 0 Å². The number of amides is 1. The Morgan fingerprint density at radius 2 is 1.59 bits per heavy atom. The normalized spacial score (nSPS) is 14.9. The number of nitrogens with zero attached hydrogens (tertiary/aromatic N) is 2. The first-order valence-electron chi connectivity index (χ1n) is 13.0. The largest absolute Gasteiger partial charge is 0.508 e. The molecule has 1 atom stereocenters. The zero-order valence-corrected chi connectivity index (χ0v) is 24.9. The topological polar surface area (TPSA) is 116 Å². The number of anilines is 1. The average molecular weight is 621 g/mol. The van der Waals surface area contributed by atoms with E-state index in [2.05, 4.69) is 9.62 Å². The second-order valence-corrected chi connectivity index (χ2v) is 12.4. The van der Waals surface area contributed by atoms with Crippen LogP contribution in [0, 0.1) is 0 Å². The van der Waals surface area contributed by atoms with Gasteiger partial charge in [0.1, 0.15) is 17.5 Å². The maximum atomic E-state index is 13.5. The summed E-state index contributed by atoms with van der Waals surface area (Å²) in [5.41, 5.74) is 2.35. The maximum Gasteiger partial charge on any atom is 0.323 e. The van der Waals surface area contributed by atoms with Gasteiger partial charge in [-0.2, -0.15) is 0 Å². The van der Waals surface area contributed by atoms with Gasteiger partial charge in [0.25, 0.3) is 0 Å². The summed E-state index contributed by atoms with van der Waals surface area (Å²) >= 11 is 12.3. The number of aromatic hydroxyl groups is 1. The summed E-state index contributed by atoms with van der Waals surface area (Å²) in [5.74, 6) is -2.38. The molecule has 0 spiro atoms. The van der Waals surface area contributed by atoms with E-state index < -0.39 is 33.7 Å². The minimum atomic E-state index is -4.19. The molecule has 1 fully saturated rings. The van der Waals surface area contributed by atoms with Gasteiger partial charge in [-0.3, -0.25) is 14.5 Å². The fourth-order valence-electron chi connectivity index (χ4n) is 4.83. The van der Waals surface area contributed by atoms with Gasteiger partial charge in [-0.1, -0.05) is 53.5 Å². The van der Waals surface area contributed by atoms with Crippen molar-refractivity contribution in [3.05, 3.63) is 94.0 Å². The molecule has 1 heterocycles. The molecule has 1 amide bonds. The number of hydrogen-bond donors (Lipinski definition) is 2. The van der Waals surface area contributed by atoms with Gasteiger partial charge in [-0.05, 0) is 61.4 Å². The number of benzene rings is 3. The third-order valence-corrected chi connectivity index (χ3v) is 8.52. The third-order valence-electron chi connectivity index (χ3n) is 6.68. The molecule has 9 nitrogen and oxygen atoms in total. The molecule has 3 aromatic rings. The lowest BCUT2D eigenvalue weighted by Crippen LogP contribution is -2.63. The standard InChI is InChI=1S/C29H31Cl2N3O6S/c1-3-40-29(37)19(2)32-41(38,39)18-27(36)34(24-5-4-6-26(35)15-24)25-16-33(17-25)28(20-7-11-22(30)12-8-20)21-9-13-23(31)14-10-21/h4-15,19,25,28,32,35H,3,16-18H2,1-2H3. The number of phenolic OH excluding ortho intramolecular Hbond substituents is 1. The van der Waals surface area contributed by atoms with Crippen LogP contribution in [0.25, 0.3) is 0 Å². The monoisotopic (exact) mass is 619 g/mol. The highest BCUT2D eigenvalue weighted by Gasteiger charge is 2.41. The van der Waals surface area contributed by atoms with Crippen LogP contribution in [-0.4, -0.2) is 67.8 Å². The molecule has 1 aliphatic heterocycles. The SMILES string of the molecule is CCOC(=O)C(C)NS(=O)(=O)CC(=O)N(c1cccc(O)c1)C1CN(C(c2ccc(Cl)cc2)c2ccc(Cl)cc2)C1. The van der Waals surface area contributed by atoms with E-state index in [1.54, 1.807) is 19.1 Å². The van der Waals surface area contributed by atoms with Gasteiger partial charge in [-0.25, -0.2) is 13.1 Å². The Kier molecular flexibility index (Phi) is 9.93. The number of rotatable bonds is 11. The van der Waals surface area contributed by atoms with Crippen molar-refractivity contribution in [2.75, 3.05) is 30.3 Å². The number of nitrogens with one attached hydrogen (secondary N) is 1. The van der Waals surface area contributed by atoms with Crippen molar-refractivity contribution in [2.24, 2.45) is 0 Å². The summed E-state index contributed by atoms with van der Waals surface area (Å²) in [6, 6.07) is 19.4. The summed E-state index contributed by atoms with van der Waals surface area (Å²) in [6.45, 7) is 3.90. The van der Waals surface area contributed by atoms with E-state index in [9.17, 15) is 23.1 Å². The van der Waals surface area contributed by atoms with Crippen LogP contribution >= 0.6 is 23.2 Å². The maximum absolute atomic E-state index is 13.5. The van der Waals surface area contributed by atoms with Gasteiger partial charge in [0, 0.05) is 34.9 Å². The highest BCUT2D eigenvalue weighted by atomic mass is 35.5. The van der Waals surface area contributed by atoms with E-state index >= 15 is 0 Å². The van der Waals surface area contributed by atoms with Gasteiger partial charge in [0.15, 0.2) is 0 Å². The molecule has 4 rings (SSSR count). The number of carbonyl (C=O) groups excluding carboxylic acids is 2. The molecule has 0 bridgehead atoms. The van der Waals surface area contributed by atoms with Crippen molar-refractivity contribution < 1.29 is 27.9 Å². The van der Waals surface area contributed by atoms with Crippen LogP contribution in [0.3, 0.4) is 0 Å². The van der Waals surface area contributed by atoms with E-state index in [0.29, 0.717) is 28.8 Å². The Bertz CT molecular complexity index is 1430. The van der Waals surface area contributed by atoms with Crippen LogP contribution in [0.1, 0.15) is 31.0 Å². The lowest BCUT2D eigenvalue weighted by atomic mass is 9.92. The lowest BCUT2D eigenvalue weighted by molar-refractivity contribution is -0.144. The van der Waals surface area contributed by atoms with Crippen LogP contribution in [0.15, 0.2) is 72.8 Å². The first-order valence-corrected chi connectivity index (χ1v) is 15.4. The van der Waals surface area contributed by atoms with Crippen LogP contribution < -0.4 is 9.62 Å². The summed E-state index contributed by atoms with van der Waals surface area (Å²) in [4.78, 5) is 29.0. The van der Waals surface area contributed by atoms with Crippen molar-refractivity contribution >= 4 is 50.8 Å². The molecule has 0 radical (unpaired) electrons. The van der Waals surface area contributed by atoms with E-state index in [-0.39, 0.29) is 24.4 Å². The zero-order chi connectivity index (χ0) is 29.7. The number of sulfonamides is 1. The zero-order valence-electron chi connectivity index (χ0n) is 22.5. The highest BCUT2D eigenvalue weighted by molar-refractivity contribution is 7.90. The molecule has 218 valence electrons. The quantitative estimate of drug-likeness (QED) is 0.306. The number of esters is 1. The predicted molar refractivity (Wildman–Crippen MR) is 159 cm³/mol. The van der Waals surface area contributed by atoms with Crippen molar-refractivity contribution in [1.29, 1.82) is 0 Å². The predicted octanol–water partition coefficient (Wildman–Crippen LogP) is 4.38. The Labute approximate surface area is 249 Å². The molecule has 12 heteroatoms. The number of halogens is 2. The van der Waals surface area contributed by atoms with E-state index in [4.69, 9.17) is 27.9 Å². The summed E-state index contributed by atoms with van der Waals surface area (Å²) in [5, 5.41) is 11.3. The molecular formula is C29H31Cl2N3O6S. The van der Waals surface area contributed by atoms with Crippen LogP contribution in [0.5, 0.6) is 5.75 Å². The molecule has 3 aromatic carbocycles.